The van der Waals surface area contributed by atoms with Gasteiger partial charge in [0.05, 0.1) is 47.7 Å². The average molecular weight is 704 g/mol. The number of carbonyl (C=O) groups excluding carboxylic acids is 1. The average Bonchev–Trinajstić information content (AvgIpc) is 3.28. The fraction of sp³-hybridized carbons (Fsp3) is 0.471. The molecule has 1 aliphatic rings. The minimum Gasteiger partial charge on any atom is -0.493 e. The molecule has 1 heterocycles. The molecule has 3 aromatic rings. The Morgan fingerprint density at radius 3 is 2.15 bits per heavy atom. The summed E-state index contributed by atoms with van der Waals surface area (Å²) in [5.74, 6) is 2.97. The molecular weight excluding hydrogens is 657 g/mol. The maximum atomic E-state index is 12.6. The molecule has 1 amide bonds. The van der Waals surface area contributed by atoms with E-state index >= 15 is 0 Å². The molecule has 0 radical (unpaired) electrons. The van der Waals surface area contributed by atoms with Gasteiger partial charge in [-0.05, 0) is 68.5 Å². The Bertz CT molecular complexity index is 1690. The van der Waals surface area contributed by atoms with E-state index in [1.165, 1.54) is 20.1 Å². The molecule has 0 saturated heterocycles. The largest absolute Gasteiger partial charge is 0.493 e. The van der Waals surface area contributed by atoms with Crippen molar-refractivity contribution in [2.75, 3.05) is 41.7 Å². The number of amides is 1. The molecule has 0 fully saturated rings. The highest BCUT2D eigenvalue weighted by atomic mass is 32.5. The summed E-state index contributed by atoms with van der Waals surface area (Å²) >= 11 is 5.32. The van der Waals surface area contributed by atoms with Crippen LogP contribution >= 0.6 is 6.72 Å². The summed E-state index contributed by atoms with van der Waals surface area (Å²) in [5.41, 5.74) is 3.85. The summed E-state index contributed by atoms with van der Waals surface area (Å²) in [4.78, 5) is 33.2. The van der Waals surface area contributed by atoms with Gasteiger partial charge in [-0.15, -0.1) is 0 Å². The SMILES string of the molecule is CCOP(=S)(OCC)Oc1cc(C)nc(C(C)C)n1.COc1cc2c(c(OC)c1OC)-c1ccc(OC)c(=O)cc1[C@@H](NC(C)=O)CC2. The van der Waals surface area contributed by atoms with Crippen LogP contribution in [0.4, 0.5) is 0 Å². The maximum absolute atomic E-state index is 12.6. The lowest BCUT2D eigenvalue weighted by molar-refractivity contribution is -0.119. The minimum absolute atomic E-state index is 0.167. The summed E-state index contributed by atoms with van der Waals surface area (Å²) < 4.78 is 38.6. The van der Waals surface area contributed by atoms with Gasteiger partial charge in [-0.1, -0.05) is 19.9 Å². The summed E-state index contributed by atoms with van der Waals surface area (Å²) in [6.45, 7) is 9.24. The quantitative estimate of drug-likeness (QED) is 0.208. The number of aryl methyl sites for hydroxylation is 2. The Hall–Kier alpha value is -3.77. The zero-order chi connectivity index (χ0) is 35.6. The number of hydrogen-bond acceptors (Lipinski definition) is 12. The second-order valence-corrected chi connectivity index (χ2v) is 13.9. The smallest absolute Gasteiger partial charge is 0.381 e. The molecule has 1 aliphatic carbocycles. The van der Waals surface area contributed by atoms with Crippen LogP contribution in [0.2, 0.25) is 0 Å². The van der Waals surface area contributed by atoms with Gasteiger partial charge in [-0.25, -0.2) is 4.98 Å². The van der Waals surface area contributed by atoms with Crippen molar-refractivity contribution < 1.29 is 37.3 Å². The number of ether oxygens (including phenoxy) is 4. The van der Waals surface area contributed by atoms with Crippen molar-refractivity contribution in [3.8, 4) is 40.0 Å². The van der Waals surface area contributed by atoms with Crippen molar-refractivity contribution in [1.82, 2.24) is 15.3 Å². The molecular formula is C34H46N3O9PS. The topological polar surface area (TPSA) is 137 Å². The van der Waals surface area contributed by atoms with Crippen LogP contribution in [0.15, 0.2) is 35.1 Å². The van der Waals surface area contributed by atoms with Crippen LogP contribution in [0.3, 0.4) is 0 Å². The molecule has 0 saturated carbocycles. The zero-order valence-corrected chi connectivity index (χ0v) is 31.0. The first-order chi connectivity index (χ1) is 22.8. The van der Waals surface area contributed by atoms with Crippen LogP contribution in [-0.4, -0.2) is 57.5 Å². The van der Waals surface area contributed by atoms with Crippen LogP contribution in [0.5, 0.6) is 28.9 Å². The van der Waals surface area contributed by atoms with Crippen LogP contribution in [-0.2, 0) is 32.1 Å². The second-order valence-electron chi connectivity index (χ2n) is 11.0. The number of rotatable bonds is 12. The first-order valence-electron chi connectivity index (χ1n) is 15.6. The number of nitrogens with one attached hydrogen (secondary N) is 1. The summed E-state index contributed by atoms with van der Waals surface area (Å²) in [5, 5.41) is 2.96. The molecule has 0 unspecified atom stereocenters. The van der Waals surface area contributed by atoms with Crippen molar-refractivity contribution in [2.45, 2.75) is 66.3 Å². The molecule has 0 aliphatic heterocycles. The molecule has 1 N–H and O–H groups in total. The van der Waals surface area contributed by atoms with Gasteiger partial charge >= 0.3 is 6.72 Å². The van der Waals surface area contributed by atoms with Crippen molar-refractivity contribution in [2.24, 2.45) is 0 Å². The predicted octanol–water partition coefficient (Wildman–Crippen LogP) is 6.46. The Morgan fingerprint density at radius 2 is 1.60 bits per heavy atom. The Labute approximate surface area is 287 Å². The zero-order valence-electron chi connectivity index (χ0n) is 29.3. The highest BCUT2D eigenvalue weighted by molar-refractivity contribution is 8.07. The normalized spacial score (nSPS) is 13.6. The molecule has 14 heteroatoms. The third-order valence-corrected chi connectivity index (χ3v) is 9.66. The van der Waals surface area contributed by atoms with E-state index in [2.05, 4.69) is 15.3 Å². The molecule has 1 aromatic heterocycles. The first kappa shape index (κ1) is 38.7. The van der Waals surface area contributed by atoms with Crippen molar-refractivity contribution in [1.29, 1.82) is 0 Å². The van der Waals surface area contributed by atoms with Crippen LogP contribution in [0.1, 0.15) is 75.6 Å². The first-order valence-corrected chi connectivity index (χ1v) is 18.2. The van der Waals surface area contributed by atoms with E-state index in [9.17, 15) is 9.59 Å². The Balaban J connectivity index is 0.000000286. The Morgan fingerprint density at radius 1 is 0.958 bits per heavy atom. The molecule has 1 atom stereocenters. The van der Waals surface area contributed by atoms with E-state index < -0.39 is 6.72 Å². The highest BCUT2D eigenvalue weighted by Gasteiger charge is 2.29. The third kappa shape index (κ3) is 9.43. The van der Waals surface area contributed by atoms with Gasteiger partial charge < -0.3 is 28.8 Å². The molecule has 0 bridgehead atoms. The minimum atomic E-state index is -2.77. The fourth-order valence-electron chi connectivity index (χ4n) is 5.25. The van der Waals surface area contributed by atoms with E-state index in [-0.39, 0.29) is 29.0 Å². The van der Waals surface area contributed by atoms with E-state index in [1.807, 2.05) is 46.8 Å². The Kier molecular flexibility index (Phi) is 14.2. The summed E-state index contributed by atoms with van der Waals surface area (Å²) in [6.07, 6.45) is 1.27. The fourth-order valence-corrected chi connectivity index (χ4v) is 7.25. The van der Waals surface area contributed by atoms with Crippen molar-refractivity contribution in [3.05, 3.63) is 63.2 Å². The number of fused-ring (bicyclic) bond motifs is 3. The lowest BCUT2D eigenvalue weighted by atomic mass is 9.95. The molecule has 48 heavy (non-hydrogen) atoms. The van der Waals surface area contributed by atoms with E-state index in [4.69, 9.17) is 44.3 Å². The second kappa shape index (κ2) is 17.6. The number of hydrogen-bond donors (Lipinski definition) is 1. The lowest BCUT2D eigenvalue weighted by Crippen LogP contribution is -2.26. The maximum Gasteiger partial charge on any atom is 0.381 e. The number of aromatic nitrogens is 2. The number of benzene rings is 1. The standard InChI is InChI=1S/C22H25NO6.C12H21N2O3PS/c1-12(24)23-16-8-6-13-10-19(27-3)21(28-4)22(29-5)20(13)14-7-9-18(26-2)17(25)11-15(14)16;1-6-15-18(19,16-7-2)17-11-8-10(5)13-12(14-11)9(3)4/h7,9-11,16H,6,8H2,1-5H3,(H,23,24);8-9H,6-7H2,1-5H3/t16-;/m0./s1. The molecule has 0 spiro atoms. The van der Waals surface area contributed by atoms with Gasteiger partial charge in [0.2, 0.25) is 23.0 Å². The van der Waals surface area contributed by atoms with Crippen LogP contribution < -0.4 is 34.2 Å². The van der Waals surface area contributed by atoms with Gasteiger partial charge in [0.15, 0.2) is 17.2 Å². The van der Waals surface area contributed by atoms with Gasteiger partial charge in [0.25, 0.3) is 0 Å². The summed E-state index contributed by atoms with van der Waals surface area (Å²) in [6, 6.07) is 8.31. The van der Waals surface area contributed by atoms with Crippen molar-refractivity contribution >= 4 is 24.4 Å². The van der Waals surface area contributed by atoms with E-state index in [1.54, 1.807) is 33.5 Å². The molecule has 12 nitrogen and oxygen atoms in total. The monoisotopic (exact) mass is 703 g/mol. The number of carbonyl (C=O) groups is 1. The van der Waals surface area contributed by atoms with Crippen LogP contribution in [0.25, 0.3) is 11.1 Å². The van der Waals surface area contributed by atoms with Crippen molar-refractivity contribution in [3.63, 3.8) is 0 Å². The number of methoxy groups -OCH3 is 4. The molecule has 4 rings (SSSR count). The predicted molar refractivity (Wildman–Crippen MR) is 188 cm³/mol. The molecule has 262 valence electrons. The third-order valence-electron chi connectivity index (χ3n) is 7.24. The summed E-state index contributed by atoms with van der Waals surface area (Å²) in [7, 11) is 6.14. The molecule has 2 aromatic carbocycles. The van der Waals surface area contributed by atoms with Gasteiger partial charge in [-0.2, -0.15) is 4.98 Å². The van der Waals surface area contributed by atoms with Crippen LogP contribution in [0, 0.1) is 6.92 Å². The van der Waals surface area contributed by atoms with E-state index in [0.717, 1.165) is 28.2 Å². The van der Waals surface area contributed by atoms with E-state index in [0.29, 0.717) is 54.7 Å². The van der Waals surface area contributed by atoms with Gasteiger partial charge in [-0.3, -0.25) is 18.6 Å². The highest BCUT2D eigenvalue weighted by Crippen LogP contribution is 2.51. The lowest BCUT2D eigenvalue weighted by Gasteiger charge is -2.20. The van der Waals surface area contributed by atoms with Gasteiger partial charge in [0.1, 0.15) is 5.82 Å². The van der Waals surface area contributed by atoms with Gasteiger partial charge in [0, 0.05) is 42.0 Å². The number of nitrogens with zero attached hydrogens (tertiary/aromatic N) is 2.